The van der Waals surface area contributed by atoms with Gasteiger partial charge in [-0.3, -0.25) is 4.79 Å². The van der Waals surface area contributed by atoms with Crippen LogP contribution in [0.15, 0.2) is 53.3 Å². The van der Waals surface area contributed by atoms with E-state index in [9.17, 15) is 9.59 Å². The van der Waals surface area contributed by atoms with Gasteiger partial charge >= 0.3 is 5.69 Å². The highest BCUT2D eigenvalue weighted by Gasteiger charge is 2.45. The Morgan fingerprint density at radius 2 is 1.80 bits per heavy atom. The third-order valence-electron chi connectivity index (χ3n) is 5.36. The van der Waals surface area contributed by atoms with Crippen LogP contribution in [0.4, 0.5) is 0 Å². The van der Waals surface area contributed by atoms with Crippen molar-refractivity contribution < 1.29 is 4.79 Å². The minimum Gasteiger partial charge on any atom is -0.349 e. The van der Waals surface area contributed by atoms with E-state index in [2.05, 4.69) is 15.3 Å². The van der Waals surface area contributed by atoms with Gasteiger partial charge in [-0.1, -0.05) is 42.8 Å². The fraction of sp³-hybridized carbons (Fsp3) is 0.300. The fourth-order valence-corrected chi connectivity index (χ4v) is 3.67. The van der Waals surface area contributed by atoms with E-state index in [1.165, 1.54) is 0 Å². The maximum absolute atomic E-state index is 13.0. The largest absolute Gasteiger partial charge is 0.349 e. The number of fused-ring (bicyclic) bond motifs is 1. The number of carbonyl (C=O) groups excluding carboxylic acids is 1. The fourth-order valence-electron chi connectivity index (χ4n) is 3.67. The van der Waals surface area contributed by atoms with Crippen LogP contribution in [0.25, 0.3) is 11.0 Å². The highest BCUT2D eigenvalue weighted by atomic mass is 16.2. The van der Waals surface area contributed by atoms with E-state index in [4.69, 9.17) is 0 Å². The standard InChI is InChI=1S/C20H21N3O2/c1-13(14-8-9-16-17(12-14)23-19(25)22-16)21-18(24)20(10-5-11-20)15-6-3-2-4-7-15/h2-4,6-9,12-13H,5,10-11H2,1H3,(H,21,24)(H2,22,23,25)/t13-/m1/s1. The lowest BCUT2D eigenvalue weighted by atomic mass is 9.63. The maximum Gasteiger partial charge on any atom is 0.323 e. The highest BCUT2D eigenvalue weighted by Crippen LogP contribution is 2.44. The summed E-state index contributed by atoms with van der Waals surface area (Å²) in [6, 6.07) is 15.6. The van der Waals surface area contributed by atoms with E-state index in [1.54, 1.807) is 0 Å². The Morgan fingerprint density at radius 3 is 2.48 bits per heavy atom. The van der Waals surface area contributed by atoms with Crippen molar-refractivity contribution in [2.75, 3.05) is 0 Å². The molecule has 128 valence electrons. The molecule has 0 bridgehead atoms. The molecule has 1 aliphatic carbocycles. The smallest absolute Gasteiger partial charge is 0.323 e. The van der Waals surface area contributed by atoms with Crippen LogP contribution in [0.2, 0.25) is 0 Å². The van der Waals surface area contributed by atoms with Crippen LogP contribution in [0.5, 0.6) is 0 Å². The topological polar surface area (TPSA) is 77.8 Å². The van der Waals surface area contributed by atoms with Crippen LogP contribution in [0, 0.1) is 0 Å². The van der Waals surface area contributed by atoms with Crippen molar-refractivity contribution in [1.29, 1.82) is 0 Å². The minimum atomic E-state index is -0.401. The van der Waals surface area contributed by atoms with Gasteiger partial charge in [0.25, 0.3) is 0 Å². The molecule has 1 heterocycles. The first-order valence-electron chi connectivity index (χ1n) is 8.67. The number of imidazole rings is 1. The van der Waals surface area contributed by atoms with Crippen molar-refractivity contribution in [3.63, 3.8) is 0 Å². The van der Waals surface area contributed by atoms with Gasteiger partial charge in [0.2, 0.25) is 5.91 Å². The van der Waals surface area contributed by atoms with Crippen LogP contribution < -0.4 is 11.0 Å². The molecule has 3 N–H and O–H groups in total. The molecule has 1 saturated carbocycles. The predicted molar refractivity (Wildman–Crippen MR) is 97.4 cm³/mol. The Bertz CT molecular complexity index is 967. The van der Waals surface area contributed by atoms with Gasteiger partial charge in [0, 0.05) is 0 Å². The molecule has 5 heteroatoms. The van der Waals surface area contributed by atoms with E-state index in [-0.39, 0.29) is 17.6 Å². The summed E-state index contributed by atoms with van der Waals surface area (Å²) < 4.78 is 0. The predicted octanol–water partition coefficient (Wildman–Crippen LogP) is 3.16. The SMILES string of the molecule is C[C@@H](NC(=O)C1(c2ccccc2)CCC1)c1ccc2[nH]c(=O)[nH]c2c1. The summed E-state index contributed by atoms with van der Waals surface area (Å²) in [5.41, 5.74) is 2.97. The average Bonchev–Trinajstić information content (AvgIpc) is 2.94. The molecule has 1 amide bonds. The zero-order chi connectivity index (χ0) is 17.4. The van der Waals surface area contributed by atoms with E-state index in [0.717, 1.165) is 41.4 Å². The van der Waals surface area contributed by atoms with Crippen molar-refractivity contribution in [2.45, 2.75) is 37.6 Å². The number of H-pyrrole nitrogens is 2. The van der Waals surface area contributed by atoms with Gasteiger partial charge in [-0.25, -0.2) is 4.79 Å². The Hall–Kier alpha value is -2.82. The average molecular weight is 335 g/mol. The molecule has 1 aliphatic rings. The van der Waals surface area contributed by atoms with Crippen LogP contribution in [0.1, 0.15) is 43.4 Å². The lowest BCUT2D eigenvalue weighted by molar-refractivity contribution is -0.130. The van der Waals surface area contributed by atoms with Gasteiger partial charge in [0.1, 0.15) is 0 Å². The monoisotopic (exact) mass is 335 g/mol. The zero-order valence-corrected chi connectivity index (χ0v) is 14.1. The first-order valence-corrected chi connectivity index (χ1v) is 8.67. The number of hydrogen-bond acceptors (Lipinski definition) is 2. The lowest BCUT2D eigenvalue weighted by Gasteiger charge is -2.41. The number of aromatic nitrogens is 2. The summed E-state index contributed by atoms with van der Waals surface area (Å²) in [7, 11) is 0. The van der Waals surface area contributed by atoms with Crippen molar-refractivity contribution in [3.8, 4) is 0 Å². The first kappa shape index (κ1) is 15.7. The summed E-state index contributed by atoms with van der Waals surface area (Å²) in [5, 5.41) is 3.17. The molecule has 0 aliphatic heterocycles. The molecule has 0 saturated heterocycles. The number of benzene rings is 2. The Kier molecular flexibility index (Phi) is 3.71. The number of rotatable bonds is 4. The molecule has 4 rings (SSSR count). The van der Waals surface area contributed by atoms with E-state index in [0.29, 0.717) is 0 Å². The van der Waals surface area contributed by atoms with Crippen LogP contribution in [0.3, 0.4) is 0 Å². The third-order valence-corrected chi connectivity index (χ3v) is 5.36. The summed E-state index contributed by atoms with van der Waals surface area (Å²) in [4.78, 5) is 29.9. The molecule has 25 heavy (non-hydrogen) atoms. The number of carbonyl (C=O) groups is 1. The molecule has 1 aromatic heterocycles. The Balaban J connectivity index is 1.57. The normalized spacial score (nSPS) is 17.0. The number of amides is 1. The summed E-state index contributed by atoms with van der Waals surface area (Å²) in [6.07, 6.45) is 2.85. The molecule has 5 nitrogen and oxygen atoms in total. The van der Waals surface area contributed by atoms with Gasteiger partial charge in [0.05, 0.1) is 22.5 Å². The summed E-state index contributed by atoms with van der Waals surface area (Å²) in [5.74, 6) is 0.0834. The quantitative estimate of drug-likeness (QED) is 0.685. The molecular weight excluding hydrogens is 314 g/mol. The molecule has 1 fully saturated rings. The molecule has 3 aromatic rings. The molecule has 1 atom stereocenters. The van der Waals surface area contributed by atoms with Crippen molar-refractivity contribution in [1.82, 2.24) is 15.3 Å². The van der Waals surface area contributed by atoms with Crippen molar-refractivity contribution >= 4 is 16.9 Å². The second-order valence-corrected chi connectivity index (χ2v) is 6.88. The van der Waals surface area contributed by atoms with Crippen LogP contribution in [-0.2, 0) is 10.2 Å². The lowest BCUT2D eigenvalue weighted by Crippen LogP contribution is -2.49. The first-order chi connectivity index (χ1) is 12.1. The van der Waals surface area contributed by atoms with Gasteiger partial charge < -0.3 is 15.3 Å². The molecule has 2 aromatic carbocycles. The zero-order valence-electron chi connectivity index (χ0n) is 14.1. The highest BCUT2D eigenvalue weighted by molar-refractivity contribution is 5.89. The van der Waals surface area contributed by atoms with E-state index in [1.807, 2.05) is 55.5 Å². The maximum atomic E-state index is 13.0. The van der Waals surface area contributed by atoms with E-state index >= 15 is 0 Å². The van der Waals surface area contributed by atoms with Crippen molar-refractivity contribution in [2.24, 2.45) is 0 Å². The third kappa shape index (κ3) is 2.65. The van der Waals surface area contributed by atoms with Gasteiger partial charge in [-0.2, -0.15) is 0 Å². The second kappa shape index (κ2) is 5.92. The number of aromatic amines is 2. The number of nitrogens with one attached hydrogen (secondary N) is 3. The van der Waals surface area contributed by atoms with Crippen LogP contribution in [-0.4, -0.2) is 15.9 Å². The van der Waals surface area contributed by atoms with Gasteiger partial charge in [0.15, 0.2) is 0 Å². The Morgan fingerprint density at radius 1 is 1.08 bits per heavy atom. The van der Waals surface area contributed by atoms with Crippen molar-refractivity contribution in [3.05, 3.63) is 70.1 Å². The summed E-state index contributed by atoms with van der Waals surface area (Å²) in [6.45, 7) is 1.97. The minimum absolute atomic E-state index is 0.0834. The molecule has 0 spiro atoms. The second-order valence-electron chi connectivity index (χ2n) is 6.88. The molecule has 0 unspecified atom stereocenters. The van der Waals surface area contributed by atoms with Gasteiger partial charge in [-0.15, -0.1) is 0 Å². The van der Waals surface area contributed by atoms with E-state index < -0.39 is 5.41 Å². The number of hydrogen-bond donors (Lipinski definition) is 3. The summed E-state index contributed by atoms with van der Waals surface area (Å²) >= 11 is 0. The molecular formula is C20H21N3O2. The van der Waals surface area contributed by atoms with Gasteiger partial charge in [-0.05, 0) is 43.0 Å². The Labute approximate surface area is 145 Å². The molecule has 0 radical (unpaired) electrons. The van der Waals surface area contributed by atoms with Crippen LogP contribution >= 0.6 is 0 Å².